The molecule has 2 amide bonds. The molecule has 1 heterocycles. The Bertz CT molecular complexity index is 582. The van der Waals surface area contributed by atoms with Crippen molar-refractivity contribution < 1.29 is 18.0 Å². The van der Waals surface area contributed by atoms with Gasteiger partial charge in [-0.3, -0.25) is 0 Å². The average Bonchev–Trinajstić information content (AvgIpc) is 2.55. The molecule has 1 aliphatic rings. The zero-order valence-corrected chi connectivity index (χ0v) is 14.5. The number of nitrogens with zero attached hydrogens (tertiary/aromatic N) is 3. The van der Waals surface area contributed by atoms with Crippen LogP contribution < -0.4 is 4.90 Å². The maximum Gasteiger partial charge on any atom is 0.417 e. The number of anilines is 1. The molecule has 0 unspecified atom stereocenters. The zero-order valence-electron chi connectivity index (χ0n) is 13.7. The fourth-order valence-electron chi connectivity index (χ4n) is 2.78. The van der Waals surface area contributed by atoms with Crippen molar-refractivity contribution >= 4 is 23.3 Å². The number of carbonyl (C=O) groups is 1. The van der Waals surface area contributed by atoms with Gasteiger partial charge in [0.05, 0.1) is 10.6 Å². The van der Waals surface area contributed by atoms with E-state index in [0.29, 0.717) is 45.0 Å². The number of rotatable bonds is 3. The summed E-state index contributed by atoms with van der Waals surface area (Å²) in [6, 6.07) is 3.91. The van der Waals surface area contributed by atoms with E-state index in [9.17, 15) is 18.0 Å². The highest BCUT2D eigenvalue weighted by atomic mass is 35.5. The monoisotopic (exact) mass is 363 g/mol. The largest absolute Gasteiger partial charge is 0.417 e. The van der Waals surface area contributed by atoms with E-state index in [4.69, 9.17) is 11.6 Å². The van der Waals surface area contributed by atoms with E-state index in [-0.39, 0.29) is 11.1 Å². The number of benzene rings is 1. The first-order chi connectivity index (χ1) is 11.3. The first-order valence-corrected chi connectivity index (χ1v) is 8.31. The predicted octanol–water partition coefficient (Wildman–Crippen LogP) is 3.94. The van der Waals surface area contributed by atoms with Crippen LogP contribution >= 0.6 is 11.6 Å². The summed E-state index contributed by atoms with van der Waals surface area (Å²) in [4.78, 5) is 17.6. The summed E-state index contributed by atoms with van der Waals surface area (Å²) in [5.74, 6) is 0. The highest BCUT2D eigenvalue weighted by molar-refractivity contribution is 6.31. The van der Waals surface area contributed by atoms with Crippen LogP contribution in [0, 0.1) is 0 Å². The number of piperazine rings is 1. The van der Waals surface area contributed by atoms with Gasteiger partial charge in [0.2, 0.25) is 0 Å². The highest BCUT2D eigenvalue weighted by Gasteiger charge is 2.34. The van der Waals surface area contributed by atoms with Crippen LogP contribution in [0.4, 0.5) is 23.7 Å². The Morgan fingerprint density at radius 2 is 1.75 bits per heavy atom. The fourth-order valence-corrected chi connectivity index (χ4v) is 3.00. The van der Waals surface area contributed by atoms with Gasteiger partial charge in [0.25, 0.3) is 0 Å². The molecule has 0 aliphatic carbocycles. The number of alkyl halides is 3. The standard InChI is InChI=1S/C16H21ClF3N3O/c1-3-21(4-2)15(24)23-9-7-22(8-10-23)12-5-6-14(17)13(11-12)16(18,19)20/h5-6,11H,3-4,7-10H2,1-2H3. The summed E-state index contributed by atoms with van der Waals surface area (Å²) in [6.45, 7) is 7.08. The minimum absolute atomic E-state index is 0.0215. The molecule has 0 bridgehead atoms. The van der Waals surface area contributed by atoms with Crippen molar-refractivity contribution in [1.29, 1.82) is 0 Å². The molecular formula is C16H21ClF3N3O. The molecule has 0 saturated carbocycles. The van der Waals surface area contributed by atoms with Crippen LogP contribution in [-0.4, -0.2) is 55.1 Å². The van der Waals surface area contributed by atoms with Gasteiger partial charge in [-0.25, -0.2) is 4.79 Å². The molecule has 2 rings (SSSR count). The Hall–Kier alpha value is -1.63. The Balaban J connectivity index is 2.06. The van der Waals surface area contributed by atoms with E-state index in [1.165, 1.54) is 6.07 Å². The van der Waals surface area contributed by atoms with Gasteiger partial charge in [-0.1, -0.05) is 11.6 Å². The molecule has 0 atom stereocenters. The smallest absolute Gasteiger partial charge is 0.368 e. The first kappa shape index (κ1) is 18.7. The number of hydrogen-bond acceptors (Lipinski definition) is 2. The lowest BCUT2D eigenvalue weighted by atomic mass is 10.1. The van der Waals surface area contributed by atoms with Crippen LogP contribution in [0.2, 0.25) is 5.02 Å². The molecule has 24 heavy (non-hydrogen) atoms. The lowest BCUT2D eigenvalue weighted by Gasteiger charge is -2.38. The molecule has 1 saturated heterocycles. The molecule has 134 valence electrons. The van der Waals surface area contributed by atoms with Crippen molar-refractivity contribution in [2.45, 2.75) is 20.0 Å². The van der Waals surface area contributed by atoms with Crippen molar-refractivity contribution in [3.63, 3.8) is 0 Å². The third kappa shape index (κ3) is 4.06. The third-order valence-corrected chi connectivity index (χ3v) is 4.53. The number of urea groups is 1. The number of hydrogen-bond donors (Lipinski definition) is 0. The molecule has 0 aromatic heterocycles. The van der Waals surface area contributed by atoms with Gasteiger partial charge in [-0.15, -0.1) is 0 Å². The second kappa shape index (κ2) is 7.51. The molecule has 0 N–H and O–H groups in total. The number of amides is 2. The van der Waals surface area contributed by atoms with Crippen molar-refractivity contribution in [3.8, 4) is 0 Å². The predicted molar refractivity (Wildman–Crippen MR) is 88.6 cm³/mol. The lowest BCUT2D eigenvalue weighted by Crippen LogP contribution is -2.52. The van der Waals surface area contributed by atoms with Crippen LogP contribution in [-0.2, 0) is 6.18 Å². The Morgan fingerprint density at radius 3 is 2.25 bits per heavy atom. The Kier molecular flexibility index (Phi) is 5.85. The molecule has 1 aliphatic heterocycles. The Labute approximate surface area is 144 Å². The number of halogens is 4. The van der Waals surface area contributed by atoms with Gasteiger partial charge in [-0.05, 0) is 32.0 Å². The summed E-state index contributed by atoms with van der Waals surface area (Å²) in [6.07, 6.45) is -4.48. The van der Waals surface area contributed by atoms with Crippen molar-refractivity contribution in [2.75, 3.05) is 44.2 Å². The van der Waals surface area contributed by atoms with Gasteiger partial charge in [0.1, 0.15) is 0 Å². The van der Waals surface area contributed by atoms with Gasteiger partial charge >= 0.3 is 12.2 Å². The summed E-state index contributed by atoms with van der Waals surface area (Å²) in [5.41, 5.74) is -0.357. The minimum Gasteiger partial charge on any atom is -0.368 e. The van der Waals surface area contributed by atoms with Crippen LogP contribution in [0.15, 0.2) is 18.2 Å². The van der Waals surface area contributed by atoms with E-state index in [1.807, 2.05) is 18.7 Å². The molecule has 1 aromatic carbocycles. The van der Waals surface area contributed by atoms with E-state index in [0.717, 1.165) is 6.07 Å². The minimum atomic E-state index is -4.48. The molecular weight excluding hydrogens is 343 g/mol. The molecule has 1 fully saturated rings. The number of carbonyl (C=O) groups excluding carboxylic acids is 1. The molecule has 4 nitrogen and oxygen atoms in total. The van der Waals surface area contributed by atoms with Crippen molar-refractivity contribution in [1.82, 2.24) is 9.80 Å². The third-order valence-electron chi connectivity index (χ3n) is 4.20. The van der Waals surface area contributed by atoms with E-state index in [2.05, 4.69) is 0 Å². The lowest BCUT2D eigenvalue weighted by molar-refractivity contribution is -0.137. The first-order valence-electron chi connectivity index (χ1n) is 7.93. The van der Waals surface area contributed by atoms with E-state index in [1.54, 1.807) is 15.9 Å². The Morgan fingerprint density at radius 1 is 1.17 bits per heavy atom. The van der Waals surface area contributed by atoms with Crippen LogP contribution in [0.1, 0.15) is 19.4 Å². The molecule has 1 aromatic rings. The maximum absolute atomic E-state index is 13.0. The van der Waals surface area contributed by atoms with Crippen LogP contribution in [0.5, 0.6) is 0 Å². The molecule has 0 spiro atoms. The average molecular weight is 364 g/mol. The van der Waals surface area contributed by atoms with Gasteiger partial charge in [-0.2, -0.15) is 13.2 Å². The second-order valence-corrected chi connectivity index (χ2v) is 6.00. The topological polar surface area (TPSA) is 26.8 Å². The highest BCUT2D eigenvalue weighted by Crippen LogP contribution is 2.37. The maximum atomic E-state index is 13.0. The van der Waals surface area contributed by atoms with E-state index < -0.39 is 11.7 Å². The second-order valence-electron chi connectivity index (χ2n) is 5.59. The van der Waals surface area contributed by atoms with Gasteiger partial charge in [0, 0.05) is 45.0 Å². The SMILES string of the molecule is CCN(CC)C(=O)N1CCN(c2ccc(Cl)c(C(F)(F)F)c2)CC1. The summed E-state index contributed by atoms with van der Waals surface area (Å²) in [5, 5.41) is -0.304. The van der Waals surface area contributed by atoms with Crippen LogP contribution in [0.3, 0.4) is 0 Å². The zero-order chi connectivity index (χ0) is 17.9. The summed E-state index contributed by atoms with van der Waals surface area (Å²) in [7, 11) is 0. The molecule has 8 heteroatoms. The van der Waals surface area contributed by atoms with Gasteiger partial charge in [0.15, 0.2) is 0 Å². The normalized spacial score (nSPS) is 15.6. The van der Waals surface area contributed by atoms with Crippen LogP contribution in [0.25, 0.3) is 0 Å². The quantitative estimate of drug-likeness (QED) is 0.813. The summed E-state index contributed by atoms with van der Waals surface area (Å²) >= 11 is 5.65. The fraction of sp³-hybridized carbons (Fsp3) is 0.562. The molecule has 0 radical (unpaired) electrons. The van der Waals surface area contributed by atoms with E-state index >= 15 is 0 Å². The van der Waals surface area contributed by atoms with Crippen molar-refractivity contribution in [2.24, 2.45) is 0 Å². The summed E-state index contributed by atoms with van der Waals surface area (Å²) < 4.78 is 38.9. The van der Waals surface area contributed by atoms with Crippen molar-refractivity contribution in [3.05, 3.63) is 28.8 Å². The van der Waals surface area contributed by atoms with Gasteiger partial charge < -0.3 is 14.7 Å².